The van der Waals surface area contributed by atoms with Crippen molar-refractivity contribution in [1.82, 2.24) is 19.7 Å². The number of aliphatic hydroxyl groups excluding tert-OH is 1. The number of rotatable bonds is 5. The third kappa shape index (κ3) is 2.65. The number of anilines is 1. The fourth-order valence-corrected chi connectivity index (χ4v) is 1.85. The SMILES string of the molecule is C[C@@H](CCCO)n1cnnc1-c1cccc(N)n1. The van der Waals surface area contributed by atoms with Crippen LogP contribution in [0.2, 0.25) is 0 Å². The lowest BCUT2D eigenvalue weighted by molar-refractivity contribution is 0.274. The van der Waals surface area contributed by atoms with E-state index in [1.807, 2.05) is 16.7 Å². The Morgan fingerprint density at radius 1 is 1.44 bits per heavy atom. The van der Waals surface area contributed by atoms with Crippen LogP contribution in [0.4, 0.5) is 5.82 Å². The molecular weight excluding hydrogens is 230 g/mol. The molecule has 0 aliphatic carbocycles. The molecule has 2 heterocycles. The topological polar surface area (TPSA) is 89.8 Å². The molecule has 6 nitrogen and oxygen atoms in total. The van der Waals surface area contributed by atoms with Crippen LogP contribution in [-0.2, 0) is 0 Å². The molecular formula is C12H17N5O. The van der Waals surface area contributed by atoms with Gasteiger partial charge in [-0.2, -0.15) is 0 Å². The summed E-state index contributed by atoms with van der Waals surface area (Å²) in [5.41, 5.74) is 6.38. The molecule has 2 aromatic heterocycles. The Bertz CT molecular complexity index is 511. The normalized spacial score (nSPS) is 12.6. The summed E-state index contributed by atoms with van der Waals surface area (Å²) < 4.78 is 1.96. The van der Waals surface area contributed by atoms with Crippen molar-refractivity contribution in [2.75, 3.05) is 12.3 Å². The second-order valence-corrected chi connectivity index (χ2v) is 4.22. The summed E-state index contributed by atoms with van der Waals surface area (Å²) in [5, 5.41) is 16.9. The molecule has 0 spiro atoms. The van der Waals surface area contributed by atoms with Crippen molar-refractivity contribution in [3.8, 4) is 11.5 Å². The molecule has 0 aliphatic heterocycles. The van der Waals surface area contributed by atoms with Gasteiger partial charge in [-0.05, 0) is 31.9 Å². The van der Waals surface area contributed by atoms with Gasteiger partial charge in [0, 0.05) is 12.6 Å². The molecule has 3 N–H and O–H groups in total. The first kappa shape index (κ1) is 12.5. The van der Waals surface area contributed by atoms with Gasteiger partial charge in [-0.3, -0.25) is 0 Å². The maximum atomic E-state index is 8.87. The zero-order valence-electron chi connectivity index (χ0n) is 10.3. The highest BCUT2D eigenvalue weighted by atomic mass is 16.2. The number of pyridine rings is 1. The molecule has 0 saturated carbocycles. The smallest absolute Gasteiger partial charge is 0.182 e. The highest BCUT2D eigenvalue weighted by molar-refractivity contribution is 5.52. The van der Waals surface area contributed by atoms with E-state index < -0.39 is 0 Å². The van der Waals surface area contributed by atoms with Gasteiger partial charge < -0.3 is 15.4 Å². The van der Waals surface area contributed by atoms with E-state index in [2.05, 4.69) is 22.1 Å². The lowest BCUT2D eigenvalue weighted by atomic mass is 10.2. The van der Waals surface area contributed by atoms with Crippen LogP contribution in [0.1, 0.15) is 25.8 Å². The van der Waals surface area contributed by atoms with Gasteiger partial charge in [-0.15, -0.1) is 10.2 Å². The first-order valence-corrected chi connectivity index (χ1v) is 5.95. The van der Waals surface area contributed by atoms with Gasteiger partial charge in [0.25, 0.3) is 0 Å². The third-order valence-corrected chi connectivity index (χ3v) is 2.83. The van der Waals surface area contributed by atoms with Gasteiger partial charge in [0.05, 0.1) is 0 Å². The molecule has 0 aliphatic rings. The standard InChI is InChI=1S/C12H17N5O/c1-9(4-3-7-18)17-8-14-16-12(17)10-5-2-6-11(13)15-10/h2,5-6,8-9,18H,3-4,7H2,1H3,(H2,13,15)/t9-/m0/s1. The second-order valence-electron chi connectivity index (χ2n) is 4.22. The molecule has 2 rings (SSSR count). The van der Waals surface area contributed by atoms with Crippen molar-refractivity contribution in [2.45, 2.75) is 25.8 Å². The Labute approximate surface area is 105 Å². The minimum Gasteiger partial charge on any atom is -0.396 e. The predicted molar refractivity (Wildman–Crippen MR) is 68.7 cm³/mol. The van der Waals surface area contributed by atoms with Gasteiger partial charge in [0.1, 0.15) is 17.8 Å². The Morgan fingerprint density at radius 2 is 2.28 bits per heavy atom. The van der Waals surface area contributed by atoms with E-state index in [0.29, 0.717) is 17.3 Å². The second kappa shape index (κ2) is 5.59. The minimum atomic E-state index is 0.193. The van der Waals surface area contributed by atoms with Crippen LogP contribution in [-0.4, -0.2) is 31.5 Å². The van der Waals surface area contributed by atoms with Crippen LogP contribution < -0.4 is 5.73 Å². The number of nitrogens with two attached hydrogens (primary N) is 1. The van der Waals surface area contributed by atoms with Crippen LogP contribution in [0, 0.1) is 0 Å². The number of nitrogen functional groups attached to an aromatic ring is 1. The monoisotopic (exact) mass is 247 g/mol. The van der Waals surface area contributed by atoms with Gasteiger partial charge in [-0.1, -0.05) is 6.07 Å². The Morgan fingerprint density at radius 3 is 3.00 bits per heavy atom. The quantitative estimate of drug-likeness (QED) is 0.830. The summed E-state index contributed by atoms with van der Waals surface area (Å²) in [6.07, 6.45) is 3.30. The van der Waals surface area contributed by atoms with Crippen molar-refractivity contribution < 1.29 is 5.11 Å². The Hall–Kier alpha value is -1.95. The van der Waals surface area contributed by atoms with Crippen LogP contribution in [0.3, 0.4) is 0 Å². The average Bonchev–Trinajstić information content (AvgIpc) is 2.85. The molecule has 2 aromatic rings. The highest BCUT2D eigenvalue weighted by Crippen LogP contribution is 2.21. The van der Waals surface area contributed by atoms with E-state index >= 15 is 0 Å². The van der Waals surface area contributed by atoms with Crippen molar-refractivity contribution in [1.29, 1.82) is 0 Å². The first-order valence-electron chi connectivity index (χ1n) is 5.95. The number of aromatic nitrogens is 4. The zero-order chi connectivity index (χ0) is 13.0. The molecule has 0 bridgehead atoms. The van der Waals surface area contributed by atoms with Crippen molar-refractivity contribution >= 4 is 5.82 Å². The molecule has 0 radical (unpaired) electrons. The zero-order valence-corrected chi connectivity index (χ0v) is 10.3. The Balaban J connectivity index is 2.27. The van der Waals surface area contributed by atoms with Gasteiger partial charge in [-0.25, -0.2) is 4.98 Å². The average molecular weight is 247 g/mol. The summed E-state index contributed by atoms with van der Waals surface area (Å²) in [4.78, 5) is 4.24. The minimum absolute atomic E-state index is 0.193. The molecule has 1 atom stereocenters. The molecule has 0 fully saturated rings. The summed E-state index contributed by atoms with van der Waals surface area (Å²) in [6.45, 7) is 2.26. The van der Waals surface area contributed by atoms with E-state index in [-0.39, 0.29) is 12.6 Å². The van der Waals surface area contributed by atoms with E-state index in [1.54, 1.807) is 12.4 Å². The number of nitrogens with zero attached hydrogens (tertiary/aromatic N) is 4. The maximum Gasteiger partial charge on any atom is 0.182 e. The van der Waals surface area contributed by atoms with Crippen LogP contribution in [0.5, 0.6) is 0 Å². The summed E-state index contributed by atoms with van der Waals surface area (Å²) >= 11 is 0. The first-order chi connectivity index (χ1) is 8.72. The van der Waals surface area contributed by atoms with E-state index in [4.69, 9.17) is 10.8 Å². The molecule has 0 saturated heterocycles. The van der Waals surface area contributed by atoms with Gasteiger partial charge >= 0.3 is 0 Å². The predicted octanol–water partition coefficient (Wildman–Crippen LogP) is 1.26. The van der Waals surface area contributed by atoms with Crippen molar-refractivity contribution in [2.24, 2.45) is 0 Å². The lowest BCUT2D eigenvalue weighted by Gasteiger charge is -2.14. The molecule has 18 heavy (non-hydrogen) atoms. The summed E-state index contributed by atoms with van der Waals surface area (Å²) in [6, 6.07) is 5.65. The van der Waals surface area contributed by atoms with Crippen LogP contribution in [0.25, 0.3) is 11.5 Å². The molecule has 96 valence electrons. The summed E-state index contributed by atoms with van der Waals surface area (Å²) in [7, 11) is 0. The number of aliphatic hydroxyl groups is 1. The van der Waals surface area contributed by atoms with E-state index in [9.17, 15) is 0 Å². The molecule has 0 unspecified atom stereocenters. The third-order valence-electron chi connectivity index (χ3n) is 2.83. The Kier molecular flexibility index (Phi) is 3.88. The van der Waals surface area contributed by atoms with Crippen molar-refractivity contribution in [3.05, 3.63) is 24.5 Å². The van der Waals surface area contributed by atoms with E-state index in [1.165, 1.54) is 0 Å². The van der Waals surface area contributed by atoms with Crippen molar-refractivity contribution in [3.63, 3.8) is 0 Å². The van der Waals surface area contributed by atoms with Crippen LogP contribution in [0.15, 0.2) is 24.5 Å². The molecule has 6 heteroatoms. The number of hydrogen-bond acceptors (Lipinski definition) is 5. The van der Waals surface area contributed by atoms with Gasteiger partial charge in [0.2, 0.25) is 0 Å². The van der Waals surface area contributed by atoms with E-state index in [0.717, 1.165) is 12.8 Å². The maximum absolute atomic E-state index is 8.87. The largest absolute Gasteiger partial charge is 0.396 e. The summed E-state index contributed by atoms with van der Waals surface area (Å²) in [5.74, 6) is 1.16. The fraction of sp³-hybridized carbons (Fsp3) is 0.417. The number of hydrogen-bond donors (Lipinski definition) is 2. The molecule has 0 aromatic carbocycles. The molecule has 0 amide bonds. The fourth-order valence-electron chi connectivity index (χ4n) is 1.85. The van der Waals surface area contributed by atoms with Gasteiger partial charge in [0.15, 0.2) is 5.82 Å². The van der Waals surface area contributed by atoms with Crippen LogP contribution >= 0.6 is 0 Å². The highest BCUT2D eigenvalue weighted by Gasteiger charge is 2.13. The lowest BCUT2D eigenvalue weighted by Crippen LogP contribution is -2.07.